The van der Waals surface area contributed by atoms with Crippen LogP contribution in [0, 0.1) is 17.4 Å². The summed E-state index contributed by atoms with van der Waals surface area (Å²) in [6, 6.07) is 0. The third-order valence-electron chi connectivity index (χ3n) is 3.84. The Morgan fingerprint density at radius 3 is 2.56 bits per heavy atom. The number of nitrogens with zero attached hydrogens (tertiary/aromatic N) is 2. The first-order chi connectivity index (χ1) is 12.8. The number of ether oxygens (including phenoxy) is 2. The van der Waals surface area contributed by atoms with Crippen LogP contribution in [0.2, 0.25) is 0 Å². The molecule has 146 valence electrons. The molecule has 2 heterocycles. The molecule has 2 aromatic heterocycles. The van der Waals surface area contributed by atoms with Gasteiger partial charge < -0.3 is 14.8 Å². The number of thiophene rings is 1. The monoisotopic (exact) mass is 505 g/mol. The Hall–Kier alpha value is -1.95. The summed E-state index contributed by atoms with van der Waals surface area (Å²) in [5.41, 5.74) is 1.58. The highest BCUT2D eigenvalue weighted by molar-refractivity contribution is 14.1. The second kappa shape index (κ2) is 9.31. The van der Waals surface area contributed by atoms with Crippen LogP contribution in [0.15, 0.2) is 6.20 Å². The molecule has 0 aliphatic heterocycles. The maximum absolute atomic E-state index is 12.4. The smallest absolute Gasteiger partial charge is 0.348 e. The molecular weight excluding hydrogens is 485 g/mol. The normalized spacial score (nSPS) is 10.6. The molecule has 0 unspecified atom stereocenters. The first-order valence-corrected chi connectivity index (χ1v) is 10.1. The fraction of sp³-hybridized carbons (Fsp3) is 0.412. The predicted octanol–water partition coefficient (Wildman–Crippen LogP) is 3.16. The minimum atomic E-state index is -0.618. The summed E-state index contributed by atoms with van der Waals surface area (Å²) in [5.74, 6) is -1.44. The summed E-state index contributed by atoms with van der Waals surface area (Å²) in [6.45, 7) is 5.87. The second-order valence-electron chi connectivity index (χ2n) is 5.57. The van der Waals surface area contributed by atoms with Gasteiger partial charge in [0, 0.05) is 12.1 Å². The number of hydrogen-bond donors (Lipinski definition) is 1. The number of carbonyl (C=O) groups excluding carboxylic acids is 3. The van der Waals surface area contributed by atoms with Gasteiger partial charge in [-0.15, -0.1) is 11.3 Å². The van der Waals surface area contributed by atoms with Crippen molar-refractivity contribution in [3.05, 3.63) is 31.5 Å². The van der Waals surface area contributed by atoms with Gasteiger partial charge in [-0.05, 0) is 48.9 Å². The van der Waals surface area contributed by atoms with E-state index in [1.54, 1.807) is 24.7 Å². The summed E-state index contributed by atoms with van der Waals surface area (Å²) in [5, 5.41) is 7.20. The molecule has 0 bridgehead atoms. The van der Waals surface area contributed by atoms with Gasteiger partial charge in [-0.2, -0.15) is 5.10 Å². The number of aromatic nitrogens is 2. The second-order valence-corrected chi connectivity index (χ2v) is 7.75. The summed E-state index contributed by atoms with van der Waals surface area (Å²) >= 11 is 3.18. The first kappa shape index (κ1) is 21.4. The molecule has 0 radical (unpaired) electrons. The molecule has 0 spiro atoms. The number of nitrogens with one attached hydrogen (secondary N) is 1. The van der Waals surface area contributed by atoms with Crippen LogP contribution in [0.4, 0.5) is 5.00 Å². The Morgan fingerprint density at radius 2 is 2.00 bits per heavy atom. The van der Waals surface area contributed by atoms with E-state index >= 15 is 0 Å². The Labute approximate surface area is 174 Å². The highest BCUT2D eigenvalue weighted by Gasteiger charge is 2.27. The number of amides is 1. The highest BCUT2D eigenvalue weighted by Crippen LogP contribution is 2.34. The minimum absolute atomic E-state index is 0.170. The molecular formula is C17H20IN3O5S. The van der Waals surface area contributed by atoms with Gasteiger partial charge in [0.05, 0.1) is 35.6 Å². The van der Waals surface area contributed by atoms with Gasteiger partial charge in [0.1, 0.15) is 9.88 Å². The third kappa shape index (κ3) is 4.86. The SMILES string of the molecule is CCOC(=O)c1sc(NC(=O)CCn2ncc(I)c2C)c(C(=O)OC)c1C. The molecule has 0 saturated heterocycles. The predicted molar refractivity (Wildman–Crippen MR) is 109 cm³/mol. The van der Waals surface area contributed by atoms with Crippen molar-refractivity contribution in [3.8, 4) is 0 Å². The van der Waals surface area contributed by atoms with Crippen LogP contribution in [0.5, 0.6) is 0 Å². The quantitative estimate of drug-likeness (QED) is 0.459. The van der Waals surface area contributed by atoms with Crippen molar-refractivity contribution in [3.63, 3.8) is 0 Å². The van der Waals surface area contributed by atoms with Crippen molar-refractivity contribution < 1.29 is 23.9 Å². The Morgan fingerprint density at radius 1 is 1.30 bits per heavy atom. The lowest BCUT2D eigenvalue weighted by molar-refractivity contribution is -0.116. The maximum Gasteiger partial charge on any atom is 0.348 e. The van der Waals surface area contributed by atoms with E-state index in [0.717, 1.165) is 20.6 Å². The summed E-state index contributed by atoms with van der Waals surface area (Å²) in [6.07, 6.45) is 1.91. The van der Waals surface area contributed by atoms with Crippen molar-refractivity contribution in [2.75, 3.05) is 19.0 Å². The molecule has 0 aromatic carbocycles. The van der Waals surface area contributed by atoms with Crippen molar-refractivity contribution in [2.45, 2.75) is 33.7 Å². The van der Waals surface area contributed by atoms with Crippen molar-refractivity contribution in [1.82, 2.24) is 9.78 Å². The van der Waals surface area contributed by atoms with Crippen molar-refractivity contribution in [1.29, 1.82) is 0 Å². The zero-order valence-corrected chi connectivity index (χ0v) is 18.4. The van der Waals surface area contributed by atoms with E-state index in [9.17, 15) is 14.4 Å². The van der Waals surface area contributed by atoms with E-state index in [1.165, 1.54) is 7.11 Å². The number of rotatable bonds is 7. The minimum Gasteiger partial charge on any atom is -0.465 e. The molecule has 1 amide bonds. The first-order valence-electron chi connectivity index (χ1n) is 8.16. The molecule has 0 fully saturated rings. The van der Waals surface area contributed by atoms with E-state index in [1.807, 2.05) is 6.92 Å². The van der Waals surface area contributed by atoms with Crippen LogP contribution >= 0.6 is 33.9 Å². The topological polar surface area (TPSA) is 99.5 Å². The molecule has 0 saturated carbocycles. The largest absolute Gasteiger partial charge is 0.465 e. The number of carbonyl (C=O) groups is 3. The zero-order chi connectivity index (χ0) is 20.1. The molecule has 10 heteroatoms. The van der Waals surface area contributed by atoms with Gasteiger partial charge in [-0.1, -0.05) is 0 Å². The molecule has 2 aromatic rings. The summed E-state index contributed by atoms with van der Waals surface area (Å²) in [4.78, 5) is 36.8. The van der Waals surface area contributed by atoms with Gasteiger partial charge >= 0.3 is 11.9 Å². The summed E-state index contributed by atoms with van der Waals surface area (Å²) < 4.78 is 12.6. The van der Waals surface area contributed by atoms with Crippen LogP contribution in [0.1, 0.15) is 44.6 Å². The number of esters is 2. The average Bonchev–Trinajstić information content (AvgIpc) is 3.12. The van der Waals surface area contributed by atoms with Crippen molar-refractivity contribution >= 4 is 56.8 Å². The third-order valence-corrected chi connectivity index (χ3v) is 6.09. The number of methoxy groups -OCH3 is 1. The number of anilines is 1. The van der Waals surface area contributed by atoms with Gasteiger partial charge in [-0.3, -0.25) is 9.48 Å². The fourth-order valence-electron chi connectivity index (χ4n) is 2.39. The summed E-state index contributed by atoms with van der Waals surface area (Å²) in [7, 11) is 1.25. The molecule has 27 heavy (non-hydrogen) atoms. The van der Waals surface area contributed by atoms with Crippen LogP contribution in [-0.2, 0) is 20.8 Å². The number of hydrogen-bond acceptors (Lipinski definition) is 7. The molecule has 0 aliphatic rings. The molecule has 2 rings (SSSR count). The lowest BCUT2D eigenvalue weighted by atomic mass is 10.1. The zero-order valence-electron chi connectivity index (χ0n) is 15.4. The molecule has 1 N–H and O–H groups in total. The molecule has 0 atom stereocenters. The Kier molecular flexibility index (Phi) is 7.36. The van der Waals surface area contributed by atoms with Crippen LogP contribution in [0.25, 0.3) is 0 Å². The lowest BCUT2D eigenvalue weighted by Gasteiger charge is -2.07. The number of aryl methyl sites for hydroxylation is 1. The average molecular weight is 505 g/mol. The van der Waals surface area contributed by atoms with Crippen LogP contribution < -0.4 is 5.32 Å². The highest BCUT2D eigenvalue weighted by atomic mass is 127. The van der Waals surface area contributed by atoms with Gasteiger partial charge in [-0.25, -0.2) is 9.59 Å². The van der Waals surface area contributed by atoms with Crippen molar-refractivity contribution in [2.24, 2.45) is 0 Å². The van der Waals surface area contributed by atoms with E-state index in [4.69, 9.17) is 9.47 Å². The lowest BCUT2D eigenvalue weighted by Crippen LogP contribution is -2.17. The standard InChI is InChI=1S/C17H20IN3O5S/c1-5-26-17(24)14-9(2)13(16(23)25-4)15(27-14)20-12(22)6-7-21-10(3)11(18)8-19-21/h8H,5-7H2,1-4H3,(H,20,22). The van der Waals surface area contributed by atoms with Gasteiger partial charge in [0.25, 0.3) is 0 Å². The van der Waals surface area contributed by atoms with E-state index in [-0.39, 0.29) is 34.4 Å². The maximum atomic E-state index is 12.4. The van der Waals surface area contributed by atoms with Crippen LogP contribution in [0.3, 0.4) is 0 Å². The van der Waals surface area contributed by atoms with E-state index in [0.29, 0.717) is 12.1 Å². The number of halogens is 1. The molecule has 0 aliphatic carbocycles. The van der Waals surface area contributed by atoms with Gasteiger partial charge in [0.2, 0.25) is 5.91 Å². The van der Waals surface area contributed by atoms with E-state index < -0.39 is 11.9 Å². The van der Waals surface area contributed by atoms with Gasteiger partial charge in [0.15, 0.2) is 0 Å². The Balaban J connectivity index is 2.19. The van der Waals surface area contributed by atoms with Crippen LogP contribution in [-0.4, -0.2) is 41.3 Å². The Bertz CT molecular complexity index is 874. The van der Waals surface area contributed by atoms with E-state index in [2.05, 4.69) is 33.0 Å². The fourth-order valence-corrected chi connectivity index (χ4v) is 3.89. The molecule has 8 nitrogen and oxygen atoms in total.